The third-order valence-electron chi connectivity index (χ3n) is 5.79. The lowest BCUT2D eigenvalue weighted by molar-refractivity contribution is -0.142. The van der Waals surface area contributed by atoms with Crippen molar-refractivity contribution in [3.05, 3.63) is 35.9 Å². The van der Waals surface area contributed by atoms with E-state index in [4.69, 9.17) is 5.11 Å². The number of likely N-dealkylation sites (N-methyl/N-ethyl adjacent to an activating group) is 2. The van der Waals surface area contributed by atoms with Gasteiger partial charge in [-0.25, -0.2) is 0 Å². The molecule has 0 aromatic heterocycles. The van der Waals surface area contributed by atoms with Crippen LogP contribution in [0.5, 0.6) is 0 Å². The molecule has 0 aliphatic rings. The Morgan fingerprint density at radius 3 is 2.00 bits per heavy atom. The SMILES string of the molecule is CN[C@@H](C)C(=O)N[C@@H](CC(C)C)C(=O)N(C)[C@@H](C)C(=O)N[C@@H](Cc1ccccc1)C(=O)NCC(=O)O. The van der Waals surface area contributed by atoms with Gasteiger partial charge in [-0.2, -0.15) is 0 Å². The number of carbonyl (C=O) groups is 5. The van der Waals surface area contributed by atoms with E-state index in [-0.39, 0.29) is 18.2 Å². The zero-order valence-electron chi connectivity index (χ0n) is 21.8. The summed E-state index contributed by atoms with van der Waals surface area (Å²) in [5, 5.41) is 19.4. The predicted octanol–water partition coefficient (Wildman–Crippen LogP) is -0.0996. The molecule has 0 fully saturated rings. The van der Waals surface area contributed by atoms with Crippen LogP contribution in [-0.4, -0.2) is 84.4 Å². The molecule has 0 unspecified atom stereocenters. The molecule has 0 aliphatic heterocycles. The number of aliphatic carboxylic acids is 1. The van der Waals surface area contributed by atoms with Crippen LogP contribution in [0.2, 0.25) is 0 Å². The number of benzene rings is 1. The van der Waals surface area contributed by atoms with Crippen molar-refractivity contribution in [1.82, 2.24) is 26.2 Å². The Morgan fingerprint density at radius 1 is 0.889 bits per heavy atom. The summed E-state index contributed by atoms with van der Waals surface area (Å²) in [7, 11) is 3.10. The molecule has 200 valence electrons. The molecule has 0 saturated heterocycles. The molecular formula is C25H39N5O6. The van der Waals surface area contributed by atoms with Crippen LogP contribution >= 0.6 is 0 Å². The Kier molecular flexibility index (Phi) is 12.6. The van der Waals surface area contributed by atoms with E-state index in [9.17, 15) is 24.0 Å². The van der Waals surface area contributed by atoms with E-state index < -0.39 is 54.4 Å². The molecule has 0 heterocycles. The summed E-state index contributed by atoms with van der Waals surface area (Å²) in [4.78, 5) is 63.4. The van der Waals surface area contributed by atoms with E-state index >= 15 is 0 Å². The molecule has 4 amide bonds. The maximum atomic E-state index is 13.2. The lowest BCUT2D eigenvalue weighted by atomic mass is 10.0. The number of hydrogen-bond acceptors (Lipinski definition) is 6. The number of carbonyl (C=O) groups excluding carboxylic acids is 4. The molecule has 0 spiro atoms. The van der Waals surface area contributed by atoms with Crippen molar-refractivity contribution in [2.45, 2.75) is 64.7 Å². The van der Waals surface area contributed by atoms with Gasteiger partial charge in [-0.15, -0.1) is 0 Å². The lowest BCUT2D eigenvalue weighted by Gasteiger charge is -2.31. The summed E-state index contributed by atoms with van der Waals surface area (Å²) < 4.78 is 0. The average molecular weight is 506 g/mol. The van der Waals surface area contributed by atoms with Gasteiger partial charge in [0.25, 0.3) is 0 Å². The third-order valence-corrected chi connectivity index (χ3v) is 5.79. The van der Waals surface area contributed by atoms with Gasteiger partial charge in [0.2, 0.25) is 23.6 Å². The van der Waals surface area contributed by atoms with Crippen LogP contribution < -0.4 is 21.3 Å². The summed E-state index contributed by atoms with van der Waals surface area (Å²) in [6.45, 7) is 6.46. The van der Waals surface area contributed by atoms with Crippen LogP contribution in [0.25, 0.3) is 0 Å². The third kappa shape index (κ3) is 10.0. The first-order chi connectivity index (χ1) is 16.9. The number of nitrogens with one attached hydrogen (secondary N) is 4. The van der Waals surface area contributed by atoms with Gasteiger partial charge in [0.05, 0.1) is 6.04 Å². The molecule has 1 aromatic carbocycles. The minimum absolute atomic E-state index is 0.106. The van der Waals surface area contributed by atoms with Crippen molar-refractivity contribution in [3.63, 3.8) is 0 Å². The number of amides is 4. The molecule has 1 aromatic rings. The molecule has 11 nitrogen and oxygen atoms in total. The lowest BCUT2D eigenvalue weighted by Crippen LogP contribution is -2.58. The molecule has 5 N–H and O–H groups in total. The van der Waals surface area contributed by atoms with Crippen LogP contribution in [0, 0.1) is 5.92 Å². The van der Waals surface area contributed by atoms with Crippen molar-refractivity contribution in [2.24, 2.45) is 5.92 Å². The van der Waals surface area contributed by atoms with E-state index in [0.29, 0.717) is 6.42 Å². The monoisotopic (exact) mass is 505 g/mol. The van der Waals surface area contributed by atoms with E-state index in [1.807, 2.05) is 19.9 Å². The van der Waals surface area contributed by atoms with Crippen LogP contribution in [0.15, 0.2) is 30.3 Å². The quantitative estimate of drug-likeness (QED) is 0.236. The molecule has 11 heteroatoms. The second-order valence-corrected chi connectivity index (χ2v) is 9.19. The molecule has 36 heavy (non-hydrogen) atoms. The maximum Gasteiger partial charge on any atom is 0.322 e. The average Bonchev–Trinajstić information content (AvgIpc) is 2.84. The first kappa shape index (κ1) is 30.6. The highest BCUT2D eigenvalue weighted by molar-refractivity contribution is 5.95. The van der Waals surface area contributed by atoms with Crippen molar-refractivity contribution >= 4 is 29.6 Å². The van der Waals surface area contributed by atoms with Gasteiger partial charge in [-0.1, -0.05) is 44.2 Å². The van der Waals surface area contributed by atoms with Gasteiger partial charge in [0.15, 0.2) is 0 Å². The highest BCUT2D eigenvalue weighted by Gasteiger charge is 2.32. The van der Waals surface area contributed by atoms with Crippen molar-refractivity contribution in [3.8, 4) is 0 Å². The second-order valence-electron chi connectivity index (χ2n) is 9.19. The van der Waals surface area contributed by atoms with Crippen molar-refractivity contribution < 1.29 is 29.1 Å². The fourth-order valence-corrected chi connectivity index (χ4v) is 3.37. The summed E-state index contributed by atoms with van der Waals surface area (Å²) in [6, 6.07) is 5.63. The highest BCUT2D eigenvalue weighted by Crippen LogP contribution is 2.11. The summed E-state index contributed by atoms with van der Waals surface area (Å²) in [5.41, 5.74) is 0.767. The largest absolute Gasteiger partial charge is 0.480 e. The fourth-order valence-electron chi connectivity index (χ4n) is 3.37. The van der Waals surface area contributed by atoms with Gasteiger partial charge >= 0.3 is 5.97 Å². The van der Waals surface area contributed by atoms with Gasteiger partial charge in [-0.05, 0) is 38.8 Å². The smallest absolute Gasteiger partial charge is 0.322 e. The Hall–Kier alpha value is -3.47. The van der Waals surface area contributed by atoms with Gasteiger partial charge in [0.1, 0.15) is 24.7 Å². The van der Waals surface area contributed by atoms with Gasteiger partial charge in [0, 0.05) is 13.5 Å². The predicted molar refractivity (Wildman–Crippen MR) is 135 cm³/mol. The second kappa shape index (κ2) is 14.8. The molecule has 0 radical (unpaired) electrons. The van der Waals surface area contributed by atoms with Crippen LogP contribution in [0.4, 0.5) is 0 Å². The van der Waals surface area contributed by atoms with Crippen molar-refractivity contribution in [2.75, 3.05) is 20.6 Å². The number of rotatable bonds is 14. The number of nitrogens with zero attached hydrogens (tertiary/aromatic N) is 1. The summed E-state index contributed by atoms with van der Waals surface area (Å²) >= 11 is 0. The zero-order chi connectivity index (χ0) is 27.4. The first-order valence-electron chi connectivity index (χ1n) is 11.9. The molecule has 1 rings (SSSR count). The minimum Gasteiger partial charge on any atom is -0.480 e. The number of carboxylic acid groups (broad SMARTS) is 1. The molecule has 0 bridgehead atoms. The van der Waals surface area contributed by atoms with E-state index in [0.717, 1.165) is 5.56 Å². The highest BCUT2D eigenvalue weighted by atomic mass is 16.4. The number of hydrogen-bond donors (Lipinski definition) is 5. The van der Waals surface area contributed by atoms with E-state index in [2.05, 4.69) is 21.3 Å². The Labute approximate surface area is 212 Å². The Balaban J connectivity index is 3.00. The molecule has 4 atom stereocenters. The maximum absolute atomic E-state index is 13.2. The van der Waals surface area contributed by atoms with Crippen LogP contribution in [0.3, 0.4) is 0 Å². The fraction of sp³-hybridized carbons (Fsp3) is 0.560. The summed E-state index contributed by atoms with van der Waals surface area (Å²) in [6.07, 6.45) is 0.518. The zero-order valence-corrected chi connectivity index (χ0v) is 21.8. The van der Waals surface area contributed by atoms with Crippen LogP contribution in [0.1, 0.15) is 39.7 Å². The summed E-state index contributed by atoms with van der Waals surface area (Å²) in [5.74, 6) is -3.11. The number of carboxylic acids is 1. The van der Waals surface area contributed by atoms with Crippen molar-refractivity contribution in [1.29, 1.82) is 0 Å². The standard InChI is InChI=1S/C25H39N5O6/c1-15(2)12-20(29-22(33)16(3)26-5)25(36)30(6)17(4)23(34)28-19(24(35)27-14-21(31)32)13-18-10-8-7-9-11-18/h7-11,15-17,19-20,26H,12-14H2,1-6H3,(H,27,35)(H,28,34)(H,29,33)(H,31,32)/t16-,17-,19-,20-/m0/s1. The molecule has 0 aliphatic carbocycles. The molecule has 0 saturated carbocycles. The Morgan fingerprint density at radius 2 is 1.47 bits per heavy atom. The normalized spacial score (nSPS) is 14.2. The topological polar surface area (TPSA) is 157 Å². The Bertz CT molecular complexity index is 907. The molecular weight excluding hydrogens is 466 g/mol. The van der Waals surface area contributed by atoms with E-state index in [1.54, 1.807) is 38.2 Å². The minimum atomic E-state index is -1.21. The van der Waals surface area contributed by atoms with Gasteiger partial charge < -0.3 is 31.3 Å². The van der Waals surface area contributed by atoms with Gasteiger partial charge in [-0.3, -0.25) is 24.0 Å². The van der Waals surface area contributed by atoms with Crippen LogP contribution in [-0.2, 0) is 30.4 Å². The first-order valence-corrected chi connectivity index (χ1v) is 11.9. The van der Waals surface area contributed by atoms with E-state index in [1.165, 1.54) is 18.9 Å².